The predicted molar refractivity (Wildman–Crippen MR) is 84.7 cm³/mol. The fraction of sp³-hybridized carbons (Fsp3) is 0.214. The second kappa shape index (κ2) is 6.07. The van der Waals surface area contributed by atoms with E-state index in [-0.39, 0.29) is 11.4 Å². The summed E-state index contributed by atoms with van der Waals surface area (Å²) in [5, 5.41) is 1.93. The van der Waals surface area contributed by atoms with Gasteiger partial charge in [0.05, 0.1) is 23.7 Å². The summed E-state index contributed by atoms with van der Waals surface area (Å²) in [5.74, 6) is 0.649. The van der Waals surface area contributed by atoms with Crippen molar-refractivity contribution >= 4 is 26.3 Å². The van der Waals surface area contributed by atoms with Crippen molar-refractivity contribution in [3.05, 3.63) is 47.7 Å². The number of thiazole rings is 1. The number of nitrogens with one attached hydrogen (secondary N) is 1. The molecule has 116 valence electrons. The summed E-state index contributed by atoms with van der Waals surface area (Å²) in [4.78, 5) is 5.39. The molecule has 0 saturated carbocycles. The molecule has 8 heteroatoms. The maximum atomic E-state index is 12.2. The van der Waals surface area contributed by atoms with Gasteiger partial charge in [0.15, 0.2) is 4.96 Å². The molecule has 0 amide bonds. The molecule has 3 aromatic rings. The van der Waals surface area contributed by atoms with Crippen LogP contribution in [0.4, 0.5) is 0 Å². The maximum absolute atomic E-state index is 12.2. The number of fused-ring (bicyclic) bond motifs is 1. The van der Waals surface area contributed by atoms with E-state index in [1.807, 2.05) is 29.1 Å². The molecule has 0 aliphatic carbocycles. The minimum atomic E-state index is -3.56. The molecule has 0 atom stereocenters. The number of nitrogens with zero attached hydrogens (tertiary/aromatic N) is 2. The molecule has 6 nitrogen and oxygen atoms in total. The number of hydrogen-bond acceptors (Lipinski definition) is 5. The summed E-state index contributed by atoms with van der Waals surface area (Å²) < 4.78 is 34.2. The van der Waals surface area contributed by atoms with Gasteiger partial charge in [-0.2, -0.15) is 0 Å². The molecule has 0 aliphatic heterocycles. The third-order valence-corrected chi connectivity index (χ3v) is 5.22. The van der Waals surface area contributed by atoms with Gasteiger partial charge in [0, 0.05) is 17.8 Å². The zero-order valence-corrected chi connectivity index (χ0v) is 13.5. The Hall–Kier alpha value is -1.90. The van der Waals surface area contributed by atoms with E-state index >= 15 is 0 Å². The van der Waals surface area contributed by atoms with E-state index in [9.17, 15) is 8.42 Å². The Labute approximate surface area is 132 Å². The minimum Gasteiger partial charge on any atom is -0.494 e. The highest BCUT2D eigenvalue weighted by Crippen LogP contribution is 2.16. The summed E-state index contributed by atoms with van der Waals surface area (Å²) in [6, 6.07) is 6.34. The second-order valence-corrected chi connectivity index (χ2v) is 7.19. The molecule has 2 heterocycles. The smallest absolute Gasteiger partial charge is 0.240 e. The Bertz CT molecular complexity index is 838. The van der Waals surface area contributed by atoms with Crippen LogP contribution in [0, 0.1) is 0 Å². The lowest BCUT2D eigenvalue weighted by Crippen LogP contribution is -2.23. The lowest BCUT2D eigenvalue weighted by atomic mass is 10.3. The molecule has 3 rings (SSSR count). The van der Waals surface area contributed by atoms with Gasteiger partial charge in [0.1, 0.15) is 5.75 Å². The summed E-state index contributed by atoms with van der Waals surface area (Å²) >= 11 is 1.50. The number of aromatic nitrogens is 2. The van der Waals surface area contributed by atoms with Gasteiger partial charge in [0.25, 0.3) is 0 Å². The average molecular weight is 337 g/mol. The Kier molecular flexibility index (Phi) is 4.14. The SMILES string of the molecule is CCOc1ccc(S(=O)(=O)NCc2cn3ccsc3n2)cc1. The van der Waals surface area contributed by atoms with Gasteiger partial charge in [-0.1, -0.05) is 0 Å². The molecule has 0 unspecified atom stereocenters. The monoisotopic (exact) mass is 337 g/mol. The van der Waals surface area contributed by atoms with Gasteiger partial charge < -0.3 is 4.74 Å². The van der Waals surface area contributed by atoms with E-state index in [0.29, 0.717) is 18.1 Å². The third kappa shape index (κ3) is 3.13. The van der Waals surface area contributed by atoms with E-state index in [4.69, 9.17) is 4.74 Å². The highest BCUT2D eigenvalue weighted by atomic mass is 32.2. The Balaban J connectivity index is 1.71. The van der Waals surface area contributed by atoms with Crippen molar-refractivity contribution in [2.75, 3.05) is 6.61 Å². The van der Waals surface area contributed by atoms with E-state index in [2.05, 4.69) is 9.71 Å². The molecule has 0 fully saturated rings. The van der Waals surface area contributed by atoms with Crippen LogP contribution in [0.3, 0.4) is 0 Å². The first-order valence-corrected chi connectivity index (χ1v) is 9.08. The number of hydrogen-bond donors (Lipinski definition) is 1. The minimum absolute atomic E-state index is 0.157. The third-order valence-electron chi connectivity index (χ3n) is 3.03. The molecule has 0 saturated heterocycles. The molecular formula is C14H15N3O3S2. The number of ether oxygens (including phenoxy) is 1. The molecule has 1 aromatic carbocycles. The highest BCUT2D eigenvalue weighted by molar-refractivity contribution is 7.89. The van der Waals surface area contributed by atoms with E-state index in [1.54, 1.807) is 12.1 Å². The van der Waals surface area contributed by atoms with Crippen LogP contribution in [0.25, 0.3) is 4.96 Å². The zero-order valence-electron chi connectivity index (χ0n) is 11.9. The maximum Gasteiger partial charge on any atom is 0.240 e. The first-order valence-electron chi connectivity index (χ1n) is 6.72. The molecule has 22 heavy (non-hydrogen) atoms. The van der Waals surface area contributed by atoms with Crippen LogP contribution < -0.4 is 9.46 Å². The van der Waals surface area contributed by atoms with Crippen molar-refractivity contribution in [1.29, 1.82) is 0 Å². The van der Waals surface area contributed by atoms with Crippen LogP contribution in [-0.4, -0.2) is 24.4 Å². The van der Waals surface area contributed by atoms with E-state index in [0.717, 1.165) is 4.96 Å². The summed E-state index contributed by atoms with van der Waals surface area (Å²) in [6.45, 7) is 2.58. The quantitative estimate of drug-likeness (QED) is 0.749. The average Bonchev–Trinajstić information content (AvgIpc) is 3.07. The van der Waals surface area contributed by atoms with Gasteiger partial charge in [-0.05, 0) is 31.2 Å². The van der Waals surface area contributed by atoms with Crippen molar-refractivity contribution in [3.8, 4) is 5.75 Å². The number of sulfonamides is 1. The topological polar surface area (TPSA) is 72.7 Å². The molecule has 0 bridgehead atoms. The predicted octanol–water partition coefficient (Wildman–Crippen LogP) is 2.27. The van der Waals surface area contributed by atoms with Crippen LogP contribution >= 0.6 is 11.3 Å². The van der Waals surface area contributed by atoms with Gasteiger partial charge in [-0.15, -0.1) is 11.3 Å². The first-order chi connectivity index (χ1) is 10.6. The van der Waals surface area contributed by atoms with Gasteiger partial charge in [0.2, 0.25) is 10.0 Å². The molecule has 2 aromatic heterocycles. The van der Waals surface area contributed by atoms with Crippen LogP contribution in [0.15, 0.2) is 46.9 Å². The normalized spacial score (nSPS) is 11.9. The Morgan fingerprint density at radius 2 is 2.09 bits per heavy atom. The van der Waals surface area contributed by atoms with Gasteiger partial charge in [-0.3, -0.25) is 4.40 Å². The highest BCUT2D eigenvalue weighted by Gasteiger charge is 2.14. The van der Waals surface area contributed by atoms with Crippen LogP contribution in [0.1, 0.15) is 12.6 Å². The van der Waals surface area contributed by atoms with Crippen molar-refractivity contribution in [1.82, 2.24) is 14.1 Å². The second-order valence-electron chi connectivity index (χ2n) is 4.55. The number of benzene rings is 1. The van der Waals surface area contributed by atoms with Crippen molar-refractivity contribution in [2.45, 2.75) is 18.4 Å². The van der Waals surface area contributed by atoms with E-state index < -0.39 is 10.0 Å². The summed E-state index contributed by atoms with van der Waals surface area (Å²) in [6.07, 6.45) is 3.70. The van der Waals surface area contributed by atoms with Gasteiger partial charge in [-0.25, -0.2) is 18.1 Å². The summed E-state index contributed by atoms with van der Waals surface area (Å²) in [7, 11) is -3.56. The van der Waals surface area contributed by atoms with Crippen molar-refractivity contribution in [2.24, 2.45) is 0 Å². The number of imidazole rings is 1. The van der Waals surface area contributed by atoms with E-state index in [1.165, 1.54) is 23.5 Å². The lowest BCUT2D eigenvalue weighted by molar-refractivity contribution is 0.340. The fourth-order valence-electron chi connectivity index (χ4n) is 2.00. The largest absolute Gasteiger partial charge is 0.494 e. The molecule has 0 spiro atoms. The van der Waals surface area contributed by atoms with Crippen LogP contribution in [0.5, 0.6) is 5.75 Å². The molecule has 0 aliphatic rings. The standard InChI is InChI=1S/C14H15N3O3S2/c1-2-20-12-3-5-13(6-4-12)22(18,19)15-9-11-10-17-7-8-21-14(17)16-11/h3-8,10,15H,2,9H2,1H3. The zero-order chi connectivity index (χ0) is 15.6. The van der Waals surface area contributed by atoms with Gasteiger partial charge >= 0.3 is 0 Å². The van der Waals surface area contributed by atoms with Crippen molar-refractivity contribution < 1.29 is 13.2 Å². The fourth-order valence-corrected chi connectivity index (χ4v) is 3.71. The Morgan fingerprint density at radius 3 is 2.77 bits per heavy atom. The summed E-state index contributed by atoms with van der Waals surface area (Å²) in [5.41, 5.74) is 0.682. The van der Waals surface area contributed by atoms with Crippen LogP contribution in [0.2, 0.25) is 0 Å². The first kappa shape index (κ1) is 15.0. The van der Waals surface area contributed by atoms with Crippen LogP contribution in [-0.2, 0) is 16.6 Å². The molecule has 1 N–H and O–H groups in total. The Morgan fingerprint density at radius 1 is 1.32 bits per heavy atom. The lowest BCUT2D eigenvalue weighted by Gasteiger charge is -2.07. The number of rotatable bonds is 6. The molecule has 0 radical (unpaired) electrons. The molecular weight excluding hydrogens is 322 g/mol. The van der Waals surface area contributed by atoms with Crippen molar-refractivity contribution in [3.63, 3.8) is 0 Å².